The number of benzene rings is 1. The van der Waals surface area contributed by atoms with E-state index in [4.69, 9.17) is 10.2 Å². The molecule has 0 bridgehead atoms. The van der Waals surface area contributed by atoms with E-state index in [-0.39, 0.29) is 35.7 Å². The molecule has 2 atom stereocenters. The molecule has 0 aliphatic carbocycles. The molecule has 1 aromatic carbocycles. The molecule has 1 heterocycles. The van der Waals surface area contributed by atoms with Crippen molar-refractivity contribution in [3.63, 3.8) is 0 Å². The van der Waals surface area contributed by atoms with Crippen LogP contribution in [0.1, 0.15) is 47.9 Å². The van der Waals surface area contributed by atoms with Gasteiger partial charge in [-0.15, -0.1) is 0 Å². The van der Waals surface area contributed by atoms with Gasteiger partial charge in [-0.1, -0.05) is 6.07 Å². The lowest BCUT2D eigenvalue weighted by atomic mass is 10.1. The summed E-state index contributed by atoms with van der Waals surface area (Å²) in [5.41, 5.74) is 6.88. The number of hydrogen-bond donors (Lipinski definition) is 3. The summed E-state index contributed by atoms with van der Waals surface area (Å²) in [4.78, 5) is 36.1. The number of hydrogen-bond acceptors (Lipinski definition) is 6. The van der Waals surface area contributed by atoms with E-state index in [1.165, 1.54) is 24.5 Å². The van der Waals surface area contributed by atoms with Crippen molar-refractivity contribution >= 4 is 27.6 Å². The zero-order valence-electron chi connectivity index (χ0n) is 17.7. The van der Waals surface area contributed by atoms with Crippen LogP contribution >= 0.6 is 0 Å². The van der Waals surface area contributed by atoms with Gasteiger partial charge in [0.05, 0.1) is 11.2 Å². The number of furan rings is 1. The summed E-state index contributed by atoms with van der Waals surface area (Å²) in [6.07, 6.45) is 1.03. The van der Waals surface area contributed by atoms with Gasteiger partial charge in [0, 0.05) is 18.9 Å². The molecule has 0 fully saturated rings. The fourth-order valence-corrected chi connectivity index (χ4v) is 4.19. The summed E-state index contributed by atoms with van der Waals surface area (Å²) < 4.78 is 33.0. The summed E-state index contributed by atoms with van der Waals surface area (Å²) in [6.45, 7) is 5.25. The quantitative estimate of drug-likeness (QED) is 0.444. The number of carbonyl (C=O) groups excluding carboxylic acids is 3. The maximum atomic E-state index is 12.8. The second kappa shape index (κ2) is 10.4. The summed E-state index contributed by atoms with van der Waals surface area (Å²) in [5.74, 6) is -1.46. The lowest BCUT2D eigenvalue weighted by Crippen LogP contribution is -2.49. The van der Waals surface area contributed by atoms with Crippen molar-refractivity contribution in [2.45, 2.75) is 57.0 Å². The van der Waals surface area contributed by atoms with E-state index in [9.17, 15) is 22.8 Å². The minimum absolute atomic E-state index is 0.00789. The topological polar surface area (TPSA) is 149 Å². The number of aryl methyl sites for hydroxylation is 2. The molecule has 0 aliphatic heterocycles. The van der Waals surface area contributed by atoms with Crippen LogP contribution < -0.4 is 15.8 Å². The monoisotopic (exact) mass is 449 g/mol. The largest absolute Gasteiger partial charge is 0.461 e. The third kappa shape index (κ3) is 7.04. The number of amides is 2. The highest BCUT2D eigenvalue weighted by Gasteiger charge is 2.28. The van der Waals surface area contributed by atoms with Gasteiger partial charge in [-0.25, -0.2) is 8.42 Å². The Hall–Kier alpha value is -2.98. The predicted octanol–water partition coefficient (Wildman–Crippen LogP) is 1.59. The van der Waals surface area contributed by atoms with E-state index in [1.54, 1.807) is 26.0 Å². The maximum Gasteiger partial charge on any atom is 0.241 e. The number of carbonyl (C=O) groups is 3. The molecule has 2 aromatic rings. The molecule has 0 unspecified atom stereocenters. The van der Waals surface area contributed by atoms with Crippen molar-refractivity contribution in [2.24, 2.45) is 5.73 Å². The van der Waals surface area contributed by atoms with Gasteiger partial charge in [-0.3, -0.25) is 14.4 Å². The number of rotatable bonds is 11. The van der Waals surface area contributed by atoms with Crippen molar-refractivity contribution in [1.82, 2.24) is 10.0 Å². The van der Waals surface area contributed by atoms with Crippen LogP contribution in [0, 0.1) is 13.8 Å². The molecule has 0 radical (unpaired) electrons. The molecule has 168 valence electrons. The van der Waals surface area contributed by atoms with E-state index >= 15 is 0 Å². The molecule has 31 heavy (non-hydrogen) atoms. The summed E-state index contributed by atoms with van der Waals surface area (Å²) in [7, 11) is -4.03. The average molecular weight is 450 g/mol. The fraction of sp³-hybridized carbons (Fsp3) is 0.381. The highest BCUT2D eigenvalue weighted by molar-refractivity contribution is 7.89. The Morgan fingerprint density at radius 2 is 1.84 bits per heavy atom. The van der Waals surface area contributed by atoms with Crippen molar-refractivity contribution in [2.75, 3.05) is 0 Å². The number of sulfonamides is 1. The normalized spacial score (nSPS) is 13.4. The SMILES string of the molecule is Cc1ccc(S(=O)(=O)N[C@@H](CCC(N)=O)C(=O)N[C@@H](C)CC(=O)c2ccco2)cc1C. The molecule has 0 saturated heterocycles. The van der Waals surface area contributed by atoms with Gasteiger partial charge in [0.25, 0.3) is 0 Å². The lowest BCUT2D eigenvalue weighted by molar-refractivity contribution is -0.123. The molecule has 0 aliphatic rings. The Morgan fingerprint density at radius 1 is 1.13 bits per heavy atom. The minimum atomic E-state index is -4.03. The molecule has 2 amide bonds. The molecule has 9 nitrogen and oxygen atoms in total. The number of nitrogens with two attached hydrogens (primary N) is 1. The first kappa shape index (κ1) is 24.3. The predicted molar refractivity (Wildman–Crippen MR) is 114 cm³/mol. The Labute approximate surface area is 181 Å². The Bertz CT molecular complexity index is 1050. The van der Waals surface area contributed by atoms with Crippen LogP contribution in [0.3, 0.4) is 0 Å². The average Bonchev–Trinajstić information content (AvgIpc) is 3.21. The van der Waals surface area contributed by atoms with Gasteiger partial charge < -0.3 is 15.5 Å². The molecule has 0 saturated carbocycles. The smallest absolute Gasteiger partial charge is 0.241 e. The Morgan fingerprint density at radius 3 is 2.42 bits per heavy atom. The molecular formula is C21H27N3O6S. The van der Waals surface area contributed by atoms with Gasteiger partial charge in [0.2, 0.25) is 21.8 Å². The Kier molecular flexibility index (Phi) is 8.12. The van der Waals surface area contributed by atoms with Gasteiger partial charge in [-0.05, 0) is 62.6 Å². The second-order valence-electron chi connectivity index (χ2n) is 7.44. The van der Waals surface area contributed by atoms with Gasteiger partial charge in [0.1, 0.15) is 6.04 Å². The van der Waals surface area contributed by atoms with E-state index < -0.39 is 33.9 Å². The summed E-state index contributed by atoms with van der Waals surface area (Å²) >= 11 is 0. The van der Waals surface area contributed by atoms with Gasteiger partial charge in [0.15, 0.2) is 11.5 Å². The van der Waals surface area contributed by atoms with Crippen molar-refractivity contribution in [3.8, 4) is 0 Å². The number of Topliss-reactive ketones (excluding diaryl/α,β-unsaturated/α-hetero) is 1. The first-order chi connectivity index (χ1) is 14.5. The van der Waals surface area contributed by atoms with E-state index in [1.807, 2.05) is 6.92 Å². The molecular weight excluding hydrogens is 422 g/mol. The van der Waals surface area contributed by atoms with Crippen LogP contribution in [-0.4, -0.2) is 38.1 Å². The second-order valence-corrected chi connectivity index (χ2v) is 9.15. The third-order valence-electron chi connectivity index (χ3n) is 4.76. The van der Waals surface area contributed by atoms with E-state index in [0.29, 0.717) is 0 Å². The number of nitrogens with one attached hydrogen (secondary N) is 2. The third-order valence-corrected chi connectivity index (χ3v) is 6.23. The van der Waals surface area contributed by atoms with Gasteiger partial charge >= 0.3 is 0 Å². The van der Waals surface area contributed by atoms with Crippen molar-refractivity contribution in [1.29, 1.82) is 0 Å². The minimum Gasteiger partial charge on any atom is -0.461 e. The van der Waals surface area contributed by atoms with Crippen LogP contribution in [0.15, 0.2) is 45.9 Å². The van der Waals surface area contributed by atoms with Crippen molar-refractivity contribution < 1.29 is 27.2 Å². The van der Waals surface area contributed by atoms with Crippen molar-refractivity contribution in [3.05, 3.63) is 53.5 Å². The summed E-state index contributed by atoms with van der Waals surface area (Å²) in [5, 5.41) is 2.61. The fourth-order valence-electron chi connectivity index (χ4n) is 2.88. The molecule has 4 N–H and O–H groups in total. The number of primary amides is 1. The van der Waals surface area contributed by atoms with Crippen LogP contribution in [-0.2, 0) is 19.6 Å². The maximum absolute atomic E-state index is 12.8. The standard InChI is InChI=1S/C21H27N3O6S/c1-13-6-7-16(11-14(13)2)31(28,29)24-17(8-9-20(22)26)21(27)23-15(3)12-18(25)19-5-4-10-30-19/h4-7,10-11,15,17,24H,8-9,12H2,1-3H3,(H2,22,26)(H,23,27)/t15-,17-/m0/s1. The first-order valence-corrected chi connectivity index (χ1v) is 11.2. The summed E-state index contributed by atoms with van der Waals surface area (Å²) in [6, 6.07) is 5.89. The zero-order chi connectivity index (χ0) is 23.2. The zero-order valence-corrected chi connectivity index (χ0v) is 18.5. The molecule has 2 rings (SSSR count). The Balaban J connectivity index is 2.12. The molecule has 0 spiro atoms. The van der Waals surface area contributed by atoms with Crippen LogP contribution in [0.4, 0.5) is 0 Å². The lowest BCUT2D eigenvalue weighted by Gasteiger charge is -2.21. The van der Waals surface area contributed by atoms with Crippen LogP contribution in [0.2, 0.25) is 0 Å². The molecule has 10 heteroatoms. The van der Waals surface area contributed by atoms with E-state index in [2.05, 4.69) is 10.0 Å². The van der Waals surface area contributed by atoms with Crippen LogP contribution in [0.5, 0.6) is 0 Å². The number of ketones is 1. The molecule has 1 aromatic heterocycles. The van der Waals surface area contributed by atoms with Gasteiger partial charge in [-0.2, -0.15) is 4.72 Å². The van der Waals surface area contributed by atoms with E-state index in [0.717, 1.165) is 11.1 Å². The first-order valence-electron chi connectivity index (χ1n) is 9.74. The highest BCUT2D eigenvalue weighted by Crippen LogP contribution is 2.16. The van der Waals surface area contributed by atoms with Crippen LogP contribution in [0.25, 0.3) is 0 Å². The highest BCUT2D eigenvalue weighted by atomic mass is 32.2.